The molecular formula is C14H22N4S. The van der Waals surface area contributed by atoms with Crippen LogP contribution in [0.3, 0.4) is 0 Å². The van der Waals surface area contributed by atoms with Gasteiger partial charge in [0, 0.05) is 16.5 Å². The molecule has 0 spiro atoms. The van der Waals surface area contributed by atoms with Crippen LogP contribution in [0.1, 0.15) is 55.6 Å². The van der Waals surface area contributed by atoms with Gasteiger partial charge in [-0.3, -0.25) is 0 Å². The molecule has 1 aromatic heterocycles. The van der Waals surface area contributed by atoms with Gasteiger partial charge in [0.2, 0.25) is 0 Å². The quantitative estimate of drug-likeness (QED) is 0.655. The van der Waals surface area contributed by atoms with Crippen LogP contribution in [0.25, 0.3) is 0 Å². The average Bonchev–Trinajstić information content (AvgIpc) is 2.97. The Labute approximate surface area is 118 Å². The minimum Gasteiger partial charge on any atom is -0.308 e. The summed E-state index contributed by atoms with van der Waals surface area (Å²) in [6.45, 7) is 0. The van der Waals surface area contributed by atoms with Crippen molar-refractivity contribution in [2.24, 2.45) is 5.84 Å². The van der Waals surface area contributed by atoms with Gasteiger partial charge in [-0.15, -0.1) is 0 Å². The molecule has 104 valence electrons. The van der Waals surface area contributed by atoms with Gasteiger partial charge in [0.1, 0.15) is 11.6 Å². The topological polar surface area (TPSA) is 63.8 Å². The summed E-state index contributed by atoms with van der Waals surface area (Å²) in [5, 5.41) is 0.814. The summed E-state index contributed by atoms with van der Waals surface area (Å²) in [6, 6.07) is 0. The lowest BCUT2D eigenvalue weighted by Gasteiger charge is -2.19. The van der Waals surface area contributed by atoms with Crippen molar-refractivity contribution in [1.29, 1.82) is 0 Å². The molecule has 2 aliphatic carbocycles. The normalized spacial score (nSPS) is 19.4. The molecule has 0 saturated heterocycles. The number of hydrogen-bond acceptors (Lipinski definition) is 5. The molecule has 19 heavy (non-hydrogen) atoms. The molecule has 3 N–H and O–H groups in total. The molecule has 1 aromatic rings. The SMILES string of the molecule is NNc1nc(CSC2CCCC2)nc2c1CCCC2. The maximum atomic E-state index is 5.61. The van der Waals surface area contributed by atoms with E-state index in [-0.39, 0.29) is 0 Å². The Kier molecular flexibility index (Phi) is 4.23. The fourth-order valence-corrected chi connectivity index (χ4v) is 4.26. The molecule has 0 radical (unpaired) electrons. The highest BCUT2D eigenvalue weighted by Gasteiger charge is 2.19. The summed E-state index contributed by atoms with van der Waals surface area (Å²) in [7, 11) is 0. The van der Waals surface area contributed by atoms with Crippen molar-refractivity contribution < 1.29 is 0 Å². The molecule has 0 aliphatic heterocycles. The van der Waals surface area contributed by atoms with Crippen molar-refractivity contribution in [3.63, 3.8) is 0 Å². The first kappa shape index (κ1) is 13.2. The van der Waals surface area contributed by atoms with E-state index in [1.54, 1.807) is 0 Å². The third-order valence-electron chi connectivity index (χ3n) is 4.12. The number of aryl methyl sites for hydroxylation is 1. The first-order valence-corrected chi connectivity index (χ1v) is 8.38. The lowest BCUT2D eigenvalue weighted by Crippen LogP contribution is -2.18. The Morgan fingerprint density at radius 3 is 2.68 bits per heavy atom. The molecule has 4 nitrogen and oxygen atoms in total. The van der Waals surface area contributed by atoms with Gasteiger partial charge in [-0.25, -0.2) is 15.8 Å². The minimum absolute atomic E-state index is 0.814. The Morgan fingerprint density at radius 2 is 1.89 bits per heavy atom. The van der Waals surface area contributed by atoms with Crippen molar-refractivity contribution in [2.45, 2.75) is 62.4 Å². The second kappa shape index (κ2) is 6.09. The van der Waals surface area contributed by atoms with Crippen molar-refractivity contribution in [3.05, 3.63) is 17.1 Å². The molecule has 1 heterocycles. The zero-order valence-corrected chi connectivity index (χ0v) is 12.1. The monoisotopic (exact) mass is 278 g/mol. The van der Waals surface area contributed by atoms with Crippen LogP contribution < -0.4 is 11.3 Å². The number of thioether (sulfide) groups is 1. The second-order valence-corrected chi connectivity index (χ2v) is 6.77. The van der Waals surface area contributed by atoms with Crippen LogP contribution in [0.5, 0.6) is 0 Å². The van der Waals surface area contributed by atoms with Crippen LogP contribution in [0.4, 0.5) is 5.82 Å². The minimum atomic E-state index is 0.814. The molecule has 1 fully saturated rings. The predicted molar refractivity (Wildman–Crippen MR) is 80.0 cm³/mol. The van der Waals surface area contributed by atoms with Crippen LogP contribution in [0.15, 0.2) is 0 Å². The maximum Gasteiger partial charge on any atom is 0.147 e. The van der Waals surface area contributed by atoms with Gasteiger partial charge < -0.3 is 5.43 Å². The highest BCUT2D eigenvalue weighted by Crippen LogP contribution is 2.32. The summed E-state index contributed by atoms with van der Waals surface area (Å²) >= 11 is 2.01. The van der Waals surface area contributed by atoms with Gasteiger partial charge >= 0.3 is 0 Å². The molecule has 0 bridgehead atoms. The van der Waals surface area contributed by atoms with E-state index < -0.39 is 0 Å². The Hall–Kier alpha value is -0.810. The molecule has 0 amide bonds. The molecule has 0 unspecified atom stereocenters. The average molecular weight is 278 g/mol. The predicted octanol–water partition coefficient (Wildman–Crippen LogP) is 2.82. The zero-order chi connectivity index (χ0) is 13.1. The first-order valence-electron chi connectivity index (χ1n) is 7.33. The highest BCUT2D eigenvalue weighted by molar-refractivity contribution is 7.99. The second-order valence-electron chi connectivity index (χ2n) is 5.48. The van der Waals surface area contributed by atoms with E-state index in [4.69, 9.17) is 10.8 Å². The van der Waals surface area contributed by atoms with Gasteiger partial charge in [0.25, 0.3) is 0 Å². The smallest absolute Gasteiger partial charge is 0.147 e. The number of hydrogen-bond donors (Lipinski definition) is 2. The number of nitrogens with one attached hydrogen (secondary N) is 1. The molecule has 3 rings (SSSR count). The van der Waals surface area contributed by atoms with Gasteiger partial charge in [0.15, 0.2) is 0 Å². The molecule has 1 saturated carbocycles. The first-order chi connectivity index (χ1) is 9.36. The maximum absolute atomic E-state index is 5.61. The molecule has 0 atom stereocenters. The number of rotatable bonds is 4. The van der Waals surface area contributed by atoms with Crippen LogP contribution in [0.2, 0.25) is 0 Å². The number of hydrazine groups is 1. The van der Waals surface area contributed by atoms with Crippen LogP contribution >= 0.6 is 11.8 Å². The van der Waals surface area contributed by atoms with Crippen molar-refractivity contribution in [1.82, 2.24) is 9.97 Å². The Balaban J connectivity index is 1.73. The fraction of sp³-hybridized carbons (Fsp3) is 0.714. The van der Waals surface area contributed by atoms with E-state index in [0.717, 1.165) is 35.5 Å². The standard InChI is InChI=1S/C14H22N4S/c15-18-14-11-7-3-4-8-12(11)16-13(17-14)9-19-10-5-1-2-6-10/h10H,1-9,15H2,(H,16,17,18). The number of nitrogens with zero attached hydrogens (tertiary/aromatic N) is 2. The summed E-state index contributed by atoms with van der Waals surface area (Å²) in [4.78, 5) is 9.35. The van der Waals surface area contributed by atoms with E-state index in [2.05, 4.69) is 10.4 Å². The van der Waals surface area contributed by atoms with Crippen LogP contribution in [-0.2, 0) is 18.6 Å². The van der Waals surface area contributed by atoms with Gasteiger partial charge in [-0.1, -0.05) is 12.8 Å². The van der Waals surface area contributed by atoms with Crippen LogP contribution in [-0.4, -0.2) is 15.2 Å². The van der Waals surface area contributed by atoms with Gasteiger partial charge in [0.05, 0.1) is 5.75 Å². The van der Waals surface area contributed by atoms with E-state index in [9.17, 15) is 0 Å². The third kappa shape index (κ3) is 3.03. The number of nitrogens with two attached hydrogens (primary N) is 1. The summed E-state index contributed by atoms with van der Waals surface area (Å²) in [5.41, 5.74) is 5.22. The molecule has 2 aliphatic rings. The number of aromatic nitrogens is 2. The lowest BCUT2D eigenvalue weighted by atomic mass is 9.96. The van der Waals surface area contributed by atoms with Gasteiger partial charge in [-0.2, -0.15) is 11.8 Å². The Morgan fingerprint density at radius 1 is 1.11 bits per heavy atom. The Bertz CT molecular complexity index is 426. The van der Waals surface area contributed by atoms with E-state index in [1.807, 2.05) is 11.8 Å². The largest absolute Gasteiger partial charge is 0.308 e. The van der Waals surface area contributed by atoms with Gasteiger partial charge in [-0.05, 0) is 38.5 Å². The van der Waals surface area contributed by atoms with Crippen molar-refractivity contribution in [2.75, 3.05) is 5.43 Å². The zero-order valence-electron chi connectivity index (χ0n) is 11.3. The van der Waals surface area contributed by atoms with E-state index in [1.165, 1.54) is 49.8 Å². The third-order valence-corrected chi connectivity index (χ3v) is 5.48. The lowest BCUT2D eigenvalue weighted by molar-refractivity contribution is 0.659. The summed E-state index contributed by atoms with van der Waals surface area (Å²) in [5.74, 6) is 8.34. The van der Waals surface area contributed by atoms with Crippen molar-refractivity contribution in [3.8, 4) is 0 Å². The number of fused-ring (bicyclic) bond motifs is 1. The summed E-state index contributed by atoms with van der Waals surface area (Å²) in [6.07, 6.45) is 10.1. The molecule has 5 heteroatoms. The van der Waals surface area contributed by atoms with Crippen LogP contribution in [0, 0.1) is 0 Å². The number of nitrogen functional groups attached to an aromatic ring is 1. The fourth-order valence-electron chi connectivity index (χ4n) is 3.08. The number of anilines is 1. The highest BCUT2D eigenvalue weighted by atomic mass is 32.2. The van der Waals surface area contributed by atoms with E-state index in [0.29, 0.717) is 0 Å². The molecular weight excluding hydrogens is 256 g/mol. The summed E-state index contributed by atoms with van der Waals surface area (Å²) < 4.78 is 0. The van der Waals surface area contributed by atoms with Crippen molar-refractivity contribution >= 4 is 17.6 Å². The molecule has 0 aromatic carbocycles. The van der Waals surface area contributed by atoms with E-state index >= 15 is 0 Å².